The highest BCUT2D eigenvalue weighted by atomic mass is 16.1. The van der Waals surface area contributed by atoms with Gasteiger partial charge in [-0.15, -0.1) is 0 Å². The smallest absolute Gasteiger partial charge is 0.290 e. The number of carbonyl (C=O) groups is 1. The highest BCUT2D eigenvalue weighted by molar-refractivity contribution is 5.91. The third-order valence-electron chi connectivity index (χ3n) is 3.23. The molecule has 0 fully saturated rings. The number of nitrogens with one attached hydrogen (secondary N) is 1. The van der Waals surface area contributed by atoms with Crippen LogP contribution < -0.4 is 9.88 Å². The molecule has 0 unspecified atom stereocenters. The van der Waals surface area contributed by atoms with E-state index in [1.54, 1.807) is 0 Å². The number of pyridine rings is 1. The molecule has 3 heteroatoms. The van der Waals surface area contributed by atoms with Crippen molar-refractivity contribution in [1.29, 1.82) is 0 Å². The second kappa shape index (κ2) is 5.65. The summed E-state index contributed by atoms with van der Waals surface area (Å²) in [6.07, 6.45) is 1.92. The predicted octanol–water partition coefficient (Wildman–Crippen LogP) is 2.54. The zero-order valence-corrected chi connectivity index (χ0v) is 11.6. The number of aryl methyl sites for hydroxylation is 3. The second-order valence-corrected chi connectivity index (χ2v) is 4.78. The summed E-state index contributed by atoms with van der Waals surface area (Å²) in [5.41, 5.74) is 4.16. The molecule has 3 nitrogen and oxygen atoms in total. The molecular weight excluding hydrogens is 236 g/mol. The molecule has 1 aromatic carbocycles. The van der Waals surface area contributed by atoms with Gasteiger partial charge in [-0.2, -0.15) is 4.57 Å². The molecule has 0 aliphatic heterocycles. The third-order valence-corrected chi connectivity index (χ3v) is 3.23. The van der Waals surface area contributed by atoms with Crippen molar-refractivity contribution >= 4 is 11.6 Å². The van der Waals surface area contributed by atoms with E-state index in [2.05, 4.69) is 5.32 Å². The van der Waals surface area contributed by atoms with E-state index in [-0.39, 0.29) is 5.91 Å². The van der Waals surface area contributed by atoms with Gasteiger partial charge >= 0.3 is 0 Å². The van der Waals surface area contributed by atoms with E-state index in [0.717, 1.165) is 22.5 Å². The molecule has 0 saturated heterocycles. The summed E-state index contributed by atoms with van der Waals surface area (Å²) in [5.74, 6) is -0.00306. The summed E-state index contributed by atoms with van der Waals surface area (Å²) in [7, 11) is 0. The van der Waals surface area contributed by atoms with Crippen LogP contribution in [-0.2, 0) is 11.3 Å². The number of carbonyl (C=O) groups excluding carboxylic acids is 1. The van der Waals surface area contributed by atoms with Crippen LogP contribution in [0.2, 0.25) is 0 Å². The fourth-order valence-electron chi connectivity index (χ4n) is 2.08. The van der Waals surface area contributed by atoms with Crippen molar-refractivity contribution in [3.63, 3.8) is 0 Å². The Bertz CT molecular complexity index is 585. The van der Waals surface area contributed by atoms with E-state index in [4.69, 9.17) is 0 Å². The predicted molar refractivity (Wildman–Crippen MR) is 75.9 cm³/mol. The largest absolute Gasteiger partial charge is 0.320 e. The molecule has 0 atom stereocenters. The molecule has 1 heterocycles. The van der Waals surface area contributed by atoms with Gasteiger partial charge in [0.25, 0.3) is 5.91 Å². The minimum atomic E-state index is -0.00306. The van der Waals surface area contributed by atoms with Crippen LogP contribution in [0.5, 0.6) is 0 Å². The van der Waals surface area contributed by atoms with Gasteiger partial charge in [-0.05, 0) is 25.0 Å². The molecule has 0 aliphatic carbocycles. The van der Waals surface area contributed by atoms with Crippen LogP contribution in [-0.4, -0.2) is 5.91 Å². The maximum atomic E-state index is 12.1. The summed E-state index contributed by atoms with van der Waals surface area (Å²) in [6, 6.07) is 11.9. The summed E-state index contributed by atoms with van der Waals surface area (Å²) in [4.78, 5) is 12.1. The van der Waals surface area contributed by atoms with E-state index >= 15 is 0 Å². The van der Waals surface area contributed by atoms with E-state index < -0.39 is 0 Å². The van der Waals surface area contributed by atoms with Gasteiger partial charge in [0.05, 0.1) is 0 Å². The van der Waals surface area contributed by atoms with Gasteiger partial charge in [0, 0.05) is 24.7 Å². The minimum absolute atomic E-state index is 0.00306. The monoisotopic (exact) mass is 255 g/mol. The molecule has 1 amide bonds. The first-order valence-corrected chi connectivity index (χ1v) is 6.39. The second-order valence-electron chi connectivity index (χ2n) is 4.78. The molecule has 0 saturated carbocycles. The molecule has 0 bridgehead atoms. The van der Waals surface area contributed by atoms with Gasteiger partial charge in [0.2, 0.25) is 6.54 Å². The Morgan fingerprint density at radius 2 is 1.74 bits per heavy atom. The van der Waals surface area contributed by atoms with Crippen molar-refractivity contribution in [3.05, 3.63) is 59.4 Å². The first-order valence-electron chi connectivity index (χ1n) is 6.39. The molecule has 0 spiro atoms. The van der Waals surface area contributed by atoms with Crippen LogP contribution in [0, 0.1) is 20.8 Å². The quantitative estimate of drug-likeness (QED) is 0.840. The van der Waals surface area contributed by atoms with Gasteiger partial charge in [-0.1, -0.05) is 24.3 Å². The lowest BCUT2D eigenvalue weighted by Crippen LogP contribution is -2.42. The van der Waals surface area contributed by atoms with E-state index in [9.17, 15) is 4.79 Å². The zero-order chi connectivity index (χ0) is 13.8. The number of anilines is 1. The first-order chi connectivity index (χ1) is 9.08. The van der Waals surface area contributed by atoms with Crippen LogP contribution in [0.15, 0.2) is 42.6 Å². The number of hydrogen-bond donors (Lipinski definition) is 1. The fraction of sp³-hybridized carbons (Fsp3) is 0.250. The van der Waals surface area contributed by atoms with E-state index in [0.29, 0.717) is 6.54 Å². The van der Waals surface area contributed by atoms with E-state index in [1.165, 1.54) is 0 Å². The average molecular weight is 255 g/mol. The number of benzene rings is 1. The number of amides is 1. The Morgan fingerprint density at radius 1 is 1.05 bits per heavy atom. The van der Waals surface area contributed by atoms with Crippen molar-refractivity contribution in [3.8, 4) is 0 Å². The zero-order valence-electron chi connectivity index (χ0n) is 11.6. The first kappa shape index (κ1) is 13.3. The summed E-state index contributed by atoms with van der Waals surface area (Å²) < 4.78 is 1.93. The van der Waals surface area contributed by atoms with Crippen molar-refractivity contribution in [2.45, 2.75) is 27.3 Å². The molecule has 1 N–H and O–H groups in total. The lowest BCUT2D eigenvalue weighted by molar-refractivity contribution is -0.690. The Kier molecular flexibility index (Phi) is 3.95. The number of para-hydroxylation sites is 1. The number of nitrogens with zero attached hydrogens (tertiary/aromatic N) is 1. The molecule has 98 valence electrons. The molecule has 2 rings (SSSR count). The van der Waals surface area contributed by atoms with Crippen molar-refractivity contribution in [2.24, 2.45) is 0 Å². The number of hydrogen-bond acceptors (Lipinski definition) is 1. The van der Waals surface area contributed by atoms with Crippen LogP contribution >= 0.6 is 0 Å². The van der Waals surface area contributed by atoms with Crippen LogP contribution in [0.1, 0.15) is 16.8 Å². The summed E-state index contributed by atoms with van der Waals surface area (Å²) in [5, 5.41) is 2.99. The van der Waals surface area contributed by atoms with Crippen molar-refractivity contribution in [1.82, 2.24) is 0 Å². The van der Waals surface area contributed by atoms with E-state index in [1.807, 2.05) is 67.9 Å². The van der Waals surface area contributed by atoms with Crippen LogP contribution in [0.25, 0.3) is 0 Å². The van der Waals surface area contributed by atoms with Crippen molar-refractivity contribution in [2.75, 3.05) is 5.32 Å². The molecular formula is C16H19N2O+. The SMILES string of the molecule is Cc1cccc(C)c1NC(=O)C[n+]1ccccc1C. The van der Waals surface area contributed by atoms with Crippen molar-refractivity contribution < 1.29 is 9.36 Å². The maximum Gasteiger partial charge on any atom is 0.290 e. The van der Waals surface area contributed by atoms with Gasteiger partial charge < -0.3 is 5.32 Å². The van der Waals surface area contributed by atoms with Gasteiger partial charge in [-0.25, -0.2) is 0 Å². The lowest BCUT2D eigenvalue weighted by atomic mass is 10.1. The highest BCUT2D eigenvalue weighted by Gasteiger charge is 2.13. The molecule has 0 radical (unpaired) electrons. The number of aromatic nitrogens is 1. The molecule has 19 heavy (non-hydrogen) atoms. The Morgan fingerprint density at radius 3 is 2.37 bits per heavy atom. The molecule has 0 aliphatic rings. The Labute approximate surface area is 113 Å². The Balaban J connectivity index is 2.12. The topological polar surface area (TPSA) is 33.0 Å². The maximum absolute atomic E-state index is 12.1. The minimum Gasteiger partial charge on any atom is -0.320 e. The standard InChI is InChI=1S/C16H18N2O/c1-12-7-6-8-13(2)16(12)17-15(19)11-18-10-5-4-9-14(18)3/h4-10H,11H2,1-3H3/p+1. The fourth-order valence-corrected chi connectivity index (χ4v) is 2.08. The number of rotatable bonds is 3. The highest BCUT2D eigenvalue weighted by Crippen LogP contribution is 2.19. The summed E-state index contributed by atoms with van der Waals surface area (Å²) in [6.45, 7) is 6.33. The van der Waals surface area contributed by atoms with Crippen LogP contribution in [0.3, 0.4) is 0 Å². The average Bonchev–Trinajstić information content (AvgIpc) is 2.37. The molecule has 1 aromatic heterocycles. The van der Waals surface area contributed by atoms with Gasteiger partial charge in [0.1, 0.15) is 0 Å². The third kappa shape index (κ3) is 3.19. The Hall–Kier alpha value is -2.16. The van der Waals surface area contributed by atoms with Crippen LogP contribution in [0.4, 0.5) is 5.69 Å². The lowest BCUT2D eigenvalue weighted by Gasteiger charge is -2.10. The summed E-state index contributed by atoms with van der Waals surface area (Å²) >= 11 is 0. The van der Waals surface area contributed by atoms with Gasteiger partial charge in [0.15, 0.2) is 11.9 Å². The normalized spacial score (nSPS) is 10.3. The van der Waals surface area contributed by atoms with Gasteiger partial charge in [-0.3, -0.25) is 4.79 Å². The molecule has 2 aromatic rings.